The molecule has 0 saturated heterocycles. The molecule has 236 valence electrons. The second-order valence-corrected chi connectivity index (χ2v) is 12.5. The Morgan fingerprint density at radius 1 is 0.440 bits per heavy atom. The van der Waals surface area contributed by atoms with E-state index in [1.807, 2.05) is 66.7 Å². The highest BCUT2D eigenvalue weighted by Crippen LogP contribution is 2.46. The van der Waals surface area contributed by atoms with Gasteiger partial charge in [-0.3, -0.25) is 0 Å². The van der Waals surface area contributed by atoms with E-state index in [4.69, 9.17) is 15.1 Å². The molecular formula is C46H31N3S. The van der Waals surface area contributed by atoms with Crippen LogP contribution in [0.1, 0.15) is 23.4 Å². The van der Waals surface area contributed by atoms with Crippen LogP contribution in [0, 0.1) is 6.92 Å². The number of thiophene rings is 1. The van der Waals surface area contributed by atoms with Crippen LogP contribution in [-0.2, 0) is 0 Å². The van der Waals surface area contributed by atoms with Crippen molar-refractivity contribution < 1.29 is 17.8 Å². The molecule has 0 saturated carbocycles. The fraction of sp³-hybridized carbons (Fsp3) is 0.0217. The van der Waals surface area contributed by atoms with Crippen molar-refractivity contribution in [2.75, 3.05) is 0 Å². The number of hydrogen-bond acceptors (Lipinski definition) is 4. The van der Waals surface area contributed by atoms with Crippen LogP contribution in [0.25, 0.3) is 87.7 Å². The number of aromatic nitrogens is 3. The third kappa shape index (κ3) is 5.56. The summed E-state index contributed by atoms with van der Waals surface area (Å²) in [5, 5.41) is 1.77. The predicted octanol–water partition coefficient (Wildman–Crippen LogP) is 12.5. The van der Waals surface area contributed by atoms with Gasteiger partial charge in [-0.05, 0) is 59.0 Å². The van der Waals surface area contributed by atoms with E-state index in [2.05, 4.69) is 27.1 Å². The molecule has 3 nitrogen and oxygen atoms in total. The van der Waals surface area contributed by atoms with Gasteiger partial charge in [0.2, 0.25) is 0 Å². The van der Waals surface area contributed by atoms with Gasteiger partial charge in [-0.25, -0.2) is 15.0 Å². The molecule has 0 aliphatic heterocycles. The molecule has 0 aliphatic carbocycles. The Hall–Kier alpha value is -6.23. The van der Waals surface area contributed by atoms with E-state index in [0.29, 0.717) is 10.3 Å². The van der Waals surface area contributed by atoms with E-state index in [1.165, 1.54) is 18.3 Å². The van der Waals surface area contributed by atoms with Crippen molar-refractivity contribution >= 4 is 31.5 Å². The Morgan fingerprint density at radius 3 is 1.78 bits per heavy atom. The van der Waals surface area contributed by atoms with Gasteiger partial charge in [0.1, 0.15) is 0 Å². The van der Waals surface area contributed by atoms with Gasteiger partial charge in [-0.1, -0.05) is 151 Å². The molecule has 2 heterocycles. The number of benzene rings is 7. The van der Waals surface area contributed by atoms with E-state index in [-0.39, 0.29) is 34.3 Å². The molecule has 0 bridgehead atoms. The number of nitrogens with zero attached hydrogens (tertiary/aromatic N) is 3. The summed E-state index contributed by atoms with van der Waals surface area (Å²) < 4.78 is 116. The molecule has 0 N–H and O–H groups in total. The average molecular weight is 671 g/mol. The van der Waals surface area contributed by atoms with E-state index in [0.717, 1.165) is 37.7 Å². The van der Waals surface area contributed by atoms with Crippen molar-refractivity contribution in [3.63, 3.8) is 0 Å². The van der Waals surface area contributed by atoms with E-state index in [9.17, 15) is 2.74 Å². The first-order valence-electron chi connectivity index (χ1n) is 22.2. The highest BCUT2D eigenvalue weighted by atomic mass is 32.1. The van der Waals surface area contributed by atoms with Crippen LogP contribution in [0.15, 0.2) is 170 Å². The second kappa shape index (κ2) is 12.7. The van der Waals surface area contributed by atoms with Crippen LogP contribution in [0.4, 0.5) is 0 Å². The molecule has 50 heavy (non-hydrogen) atoms. The van der Waals surface area contributed by atoms with Crippen LogP contribution in [0.5, 0.6) is 0 Å². The van der Waals surface area contributed by atoms with Crippen molar-refractivity contribution in [2.45, 2.75) is 6.92 Å². The largest absolute Gasteiger partial charge is 0.208 e. The normalized spacial score (nSPS) is 14.9. The van der Waals surface area contributed by atoms with Gasteiger partial charge in [0.25, 0.3) is 0 Å². The van der Waals surface area contributed by atoms with Crippen molar-refractivity contribution in [2.24, 2.45) is 0 Å². The highest BCUT2D eigenvalue weighted by molar-refractivity contribution is 7.26. The standard InChI is InChI=1S/C46H31N3S/c1-30-14-11-22-35(26-30)45-47-44(33-19-9-4-10-20-33)48-46(49-45)36-23-12-21-34(27-36)38-24-13-25-39-41-29-37(31-15-5-2-6-16-31)28-40(43(41)50-42(38)39)32-17-7-3-8-18-32/h2-29H,1H3/i4D,9D,10D,11D,12D,14D,19D,20D,21D,22D,23D,26D,27D. The predicted molar refractivity (Wildman–Crippen MR) is 210 cm³/mol. The Bertz CT molecular complexity index is 3250. The average Bonchev–Trinajstić information content (AvgIpc) is 3.68. The maximum atomic E-state index is 9.74. The van der Waals surface area contributed by atoms with Crippen LogP contribution < -0.4 is 0 Å². The zero-order valence-electron chi connectivity index (χ0n) is 39.4. The lowest BCUT2D eigenvalue weighted by Crippen LogP contribution is -2.00. The molecule has 9 aromatic rings. The summed E-state index contributed by atoms with van der Waals surface area (Å²) in [5.41, 5.74) is 3.27. The monoisotopic (exact) mass is 670 g/mol. The van der Waals surface area contributed by atoms with Crippen molar-refractivity contribution in [1.29, 1.82) is 0 Å². The molecule has 0 radical (unpaired) electrons. The highest BCUT2D eigenvalue weighted by Gasteiger charge is 2.18. The Kier molecular flexibility index (Phi) is 4.83. The maximum Gasteiger partial charge on any atom is 0.164 e. The summed E-state index contributed by atoms with van der Waals surface area (Å²) in [4.78, 5) is 13.4. The third-order valence-electron chi connectivity index (χ3n) is 8.24. The molecule has 4 heteroatoms. The van der Waals surface area contributed by atoms with Gasteiger partial charge in [-0.15, -0.1) is 11.3 Å². The van der Waals surface area contributed by atoms with Crippen LogP contribution in [0.3, 0.4) is 0 Å². The van der Waals surface area contributed by atoms with Gasteiger partial charge in [0, 0.05) is 42.4 Å². The lowest BCUT2D eigenvalue weighted by atomic mass is 9.95. The smallest absolute Gasteiger partial charge is 0.164 e. The topological polar surface area (TPSA) is 38.7 Å². The summed E-state index contributed by atoms with van der Waals surface area (Å²) in [7, 11) is 0. The minimum Gasteiger partial charge on any atom is -0.208 e. The van der Waals surface area contributed by atoms with Crippen molar-refractivity contribution in [1.82, 2.24) is 15.0 Å². The minimum atomic E-state index is -0.695. The zero-order valence-corrected chi connectivity index (χ0v) is 27.2. The molecule has 0 unspecified atom stereocenters. The molecule has 0 amide bonds. The van der Waals surface area contributed by atoms with Crippen molar-refractivity contribution in [3.8, 4) is 67.5 Å². The van der Waals surface area contributed by atoms with Crippen LogP contribution >= 0.6 is 11.3 Å². The molecular weight excluding hydrogens is 627 g/mol. The maximum absolute atomic E-state index is 9.74. The molecule has 7 aromatic carbocycles. The molecule has 0 spiro atoms. The molecule has 0 aliphatic rings. The summed E-state index contributed by atoms with van der Waals surface area (Å²) in [6.45, 7) is 1.42. The van der Waals surface area contributed by atoms with E-state index >= 15 is 0 Å². The first-order chi connectivity index (χ1) is 30.1. The van der Waals surface area contributed by atoms with Crippen LogP contribution in [0.2, 0.25) is 0 Å². The first kappa shape index (κ1) is 19.1. The van der Waals surface area contributed by atoms with Crippen LogP contribution in [-0.4, -0.2) is 15.0 Å². The number of rotatable bonds is 6. The summed E-state index contributed by atoms with van der Waals surface area (Å²) >= 11 is 1.47. The fourth-order valence-electron chi connectivity index (χ4n) is 5.94. The molecule has 0 fully saturated rings. The third-order valence-corrected chi connectivity index (χ3v) is 9.53. The molecule has 2 aromatic heterocycles. The Labute approximate surface area is 313 Å². The minimum absolute atomic E-state index is 0.00997. The first-order valence-corrected chi connectivity index (χ1v) is 16.5. The SMILES string of the molecule is [2H]c1c([2H])c([2H])c(-c2nc(-c3c([2H])c([2H])c([2H])c(C)c3[2H])nc(-c3c([2H])c([2H])c([2H])c(-c4cccc5c4sc4c(-c6ccccc6)cc(-c6ccccc6)cc45)c3[2H])n2)c([2H])c1[2H]. The van der Waals surface area contributed by atoms with Gasteiger partial charge in [0.05, 0.1) is 17.8 Å². The zero-order chi connectivity index (χ0) is 44.8. The quantitative estimate of drug-likeness (QED) is 0.177. The summed E-state index contributed by atoms with van der Waals surface area (Å²) in [5.74, 6) is -1.43. The van der Waals surface area contributed by atoms with Gasteiger partial charge in [0.15, 0.2) is 17.5 Å². The second-order valence-electron chi connectivity index (χ2n) is 11.5. The Balaban J connectivity index is 1.35. The Morgan fingerprint density at radius 2 is 1.04 bits per heavy atom. The molecule has 9 rings (SSSR count). The van der Waals surface area contributed by atoms with Gasteiger partial charge >= 0.3 is 0 Å². The van der Waals surface area contributed by atoms with Gasteiger partial charge in [-0.2, -0.15) is 0 Å². The number of fused-ring (bicyclic) bond motifs is 3. The fourth-order valence-corrected chi connectivity index (χ4v) is 7.28. The van der Waals surface area contributed by atoms with Crippen molar-refractivity contribution in [3.05, 3.63) is 175 Å². The van der Waals surface area contributed by atoms with E-state index < -0.39 is 89.5 Å². The lowest BCUT2D eigenvalue weighted by molar-refractivity contribution is 1.07. The summed E-state index contributed by atoms with van der Waals surface area (Å²) in [6, 6.07) is 22.4. The van der Waals surface area contributed by atoms with Gasteiger partial charge < -0.3 is 0 Å². The summed E-state index contributed by atoms with van der Waals surface area (Å²) in [6.07, 6.45) is 0. The molecule has 0 atom stereocenters. The number of hydrogen-bond donors (Lipinski definition) is 0. The lowest BCUT2D eigenvalue weighted by Gasteiger charge is -2.10. The van der Waals surface area contributed by atoms with E-state index in [1.54, 1.807) is 12.1 Å².